The molecule has 0 saturated carbocycles. The predicted molar refractivity (Wildman–Crippen MR) is 75.6 cm³/mol. The highest BCUT2D eigenvalue weighted by Gasteiger charge is 2.11. The van der Waals surface area contributed by atoms with E-state index in [9.17, 15) is 20.0 Å². The summed E-state index contributed by atoms with van der Waals surface area (Å²) in [5.74, 6) is -1.32. The first-order chi connectivity index (χ1) is 10.5. The molecule has 8 nitrogen and oxygen atoms in total. The minimum Gasteiger partial charge on any atom is -0.868 e. The molecule has 116 valence electrons. The molecule has 0 saturated heterocycles. The van der Waals surface area contributed by atoms with E-state index in [0.29, 0.717) is 19.6 Å². The zero-order valence-electron chi connectivity index (χ0n) is 11.9. The number of hydrogen-bond acceptors (Lipinski definition) is 6. The zero-order chi connectivity index (χ0) is 16.5. The topological polar surface area (TPSA) is 128 Å². The number of carbonyl (C=O) groups is 1. The van der Waals surface area contributed by atoms with Gasteiger partial charge in [0.05, 0.1) is 4.92 Å². The fourth-order valence-corrected chi connectivity index (χ4v) is 1.60. The maximum absolute atomic E-state index is 11.8. The Bertz CT molecular complexity index is 634. The van der Waals surface area contributed by atoms with Crippen LogP contribution < -0.4 is 10.4 Å². The number of nitro benzene ring substituents is 1. The van der Waals surface area contributed by atoms with Crippen molar-refractivity contribution in [1.82, 2.24) is 5.32 Å². The van der Waals surface area contributed by atoms with Gasteiger partial charge in [-0.05, 0) is 23.8 Å². The van der Waals surface area contributed by atoms with Gasteiger partial charge in [-0.2, -0.15) is 5.26 Å². The second kappa shape index (κ2) is 8.39. The monoisotopic (exact) mass is 304 g/mol. The summed E-state index contributed by atoms with van der Waals surface area (Å²) in [6.07, 6.45) is 1.79. The molecule has 0 fully saturated rings. The quantitative estimate of drug-likeness (QED) is 0.260. The van der Waals surface area contributed by atoms with Crippen molar-refractivity contribution >= 4 is 17.7 Å². The summed E-state index contributed by atoms with van der Waals surface area (Å²) < 4.78 is 4.83. The molecule has 0 heterocycles. The second-order valence-electron chi connectivity index (χ2n) is 4.26. The number of nitriles is 1. The summed E-state index contributed by atoms with van der Waals surface area (Å²) in [4.78, 5) is 21.7. The highest BCUT2D eigenvalue weighted by atomic mass is 16.6. The van der Waals surface area contributed by atoms with Crippen molar-refractivity contribution in [2.75, 3.05) is 20.3 Å². The van der Waals surface area contributed by atoms with Crippen LogP contribution in [-0.2, 0) is 9.53 Å². The van der Waals surface area contributed by atoms with Crippen molar-refractivity contribution < 1.29 is 19.6 Å². The van der Waals surface area contributed by atoms with Crippen molar-refractivity contribution in [1.29, 1.82) is 5.26 Å². The van der Waals surface area contributed by atoms with Gasteiger partial charge in [-0.3, -0.25) is 14.9 Å². The highest BCUT2D eigenvalue weighted by molar-refractivity contribution is 6.01. The predicted octanol–water partition coefficient (Wildman–Crippen LogP) is 0.728. The number of carbonyl (C=O) groups excluding carboxylic acids is 1. The van der Waals surface area contributed by atoms with Gasteiger partial charge in [0.1, 0.15) is 11.6 Å². The Morgan fingerprint density at radius 1 is 1.55 bits per heavy atom. The number of nitrogens with one attached hydrogen (secondary N) is 1. The molecule has 0 atom stereocenters. The first kappa shape index (κ1) is 17.1. The van der Waals surface area contributed by atoms with E-state index in [4.69, 9.17) is 10.00 Å². The van der Waals surface area contributed by atoms with Gasteiger partial charge in [0.15, 0.2) is 0 Å². The number of hydrogen-bond donors (Lipinski definition) is 1. The molecule has 8 heteroatoms. The molecular weight excluding hydrogens is 290 g/mol. The third-order valence-corrected chi connectivity index (χ3v) is 2.67. The second-order valence-corrected chi connectivity index (χ2v) is 4.26. The first-order valence-corrected chi connectivity index (χ1v) is 6.34. The SMILES string of the molecule is COCCCNC(=O)/C(C#N)=C/c1ccc([O-])c([N+](=O)[O-])c1. The fourth-order valence-electron chi connectivity index (χ4n) is 1.60. The van der Waals surface area contributed by atoms with E-state index >= 15 is 0 Å². The molecule has 1 rings (SSSR count). The van der Waals surface area contributed by atoms with Crippen LogP contribution in [0.25, 0.3) is 6.08 Å². The molecule has 22 heavy (non-hydrogen) atoms. The van der Waals surface area contributed by atoms with E-state index in [-0.39, 0.29) is 11.1 Å². The Hall–Kier alpha value is -2.92. The molecule has 0 aliphatic carbocycles. The molecule has 1 aromatic carbocycles. The maximum atomic E-state index is 11.8. The van der Waals surface area contributed by atoms with Gasteiger partial charge in [-0.15, -0.1) is 0 Å². The van der Waals surface area contributed by atoms with E-state index in [1.165, 1.54) is 19.3 Å². The molecule has 0 radical (unpaired) electrons. The van der Waals surface area contributed by atoms with Gasteiger partial charge in [0, 0.05) is 26.3 Å². The van der Waals surface area contributed by atoms with Crippen LogP contribution in [-0.4, -0.2) is 31.1 Å². The van der Waals surface area contributed by atoms with Crippen LogP contribution in [0.5, 0.6) is 5.75 Å². The molecule has 0 aromatic heterocycles. The Morgan fingerprint density at radius 2 is 2.27 bits per heavy atom. The van der Waals surface area contributed by atoms with Crippen molar-refractivity contribution in [3.63, 3.8) is 0 Å². The number of benzene rings is 1. The molecule has 1 aromatic rings. The number of nitrogens with zero attached hydrogens (tertiary/aromatic N) is 2. The van der Waals surface area contributed by atoms with Crippen molar-refractivity contribution in [2.24, 2.45) is 0 Å². The Kier molecular flexibility index (Phi) is 6.53. The molecule has 1 amide bonds. The lowest BCUT2D eigenvalue weighted by Gasteiger charge is -2.07. The smallest absolute Gasteiger partial charge is 0.262 e. The minimum atomic E-state index is -0.809. The standard InChI is InChI=1S/C14H15N3O5/c1-22-6-2-5-16-14(19)11(9-15)7-10-3-4-13(18)12(8-10)17(20)21/h3-4,7-8,18H,2,5-6H2,1H3,(H,16,19)/p-1/b11-7+. The van der Waals surface area contributed by atoms with Gasteiger partial charge in [0.2, 0.25) is 0 Å². The third kappa shape index (κ3) is 4.88. The van der Waals surface area contributed by atoms with E-state index < -0.39 is 22.3 Å². The van der Waals surface area contributed by atoms with E-state index in [2.05, 4.69) is 5.32 Å². The van der Waals surface area contributed by atoms with Crippen LogP contribution in [0.2, 0.25) is 0 Å². The Labute approximate surface area is 126 Å². The van der Waals surface area contributed by atoms with Crippen LogP contribution >= 0.6 is 0 Å². The molecule has 0 aliphatic rings. The lowest BCUT2D eigenvalue weighted by molar-refractivity contribution is -0.398. The molecule has 0 unspecified atom stereocenters. The largest absolute Gasteiger partial charge is 0.868 e. The van der Waals surface area contributed by atoms with Crippen molar-refractivity contribution in [2.45, 2.75) is 6.42 Å². The molecule has 0 bridgehead atoms. The average Bonchev–Trinajstić information content (AvgIpc) is 2.50. The van der Waals surface area contributed by atoms with E-state index in [0.717, 1.165) is 12.1 Å². The summed E-state index contributed by atoms with van der Waals surface area (Å²) in [6, 6.07) is 5.08. The first-order valence-electron chi connectivity index (χ1n) is 6.34. The van der Waals surface area contributed by atoms with Crippen LogP contribution in [0, 0.1) is 21.4 Å². The van der Waals surface area contributed by atoms with Gasteiger partial charge >= 0.3 is 0 Å². The highest BCUT2D eigenvalue weighted by Crippen LogP contribution is 2.24. The zero-order valence-corrected chi connectivity index (χ0v) is 11.9. The lowest BCUT2D eigenvalue weighted by atomic mass is 10.1. The van der Waals surface area contributed by atoms with E-state index in [1.54, 1.807) is 6.07 Å². The Morgan fingerprint density at radius 3 is 2.86 bits per heavy atom. The third-order valence-electron chi connectivity index (χ3n) is 2.67. The van der Waals surface area contributed by atoms with Crippen LogP contribution in [0.1, 0.15) is 12.0 Å². The minimum absolute atomic E-state index is 0.203. The number of rotatable bonds is 7. The average molecular weight is 304 g/mol. The molecule has 0 spiro atoms. The molecule has 1 N–H and O–H groups in total. The van der Waals surface area contributed by atoms with Gasteiger partial charge in [-0.1, -0.05) is 12.1 Å². The summed E-state index contributed by atoms with van der Waals surface area (Å²) in [6.45, 7) is 0.814. The van der Waals surface area contributed by atoms with Gasteiger partial charge in [-0.25, -0.2) is 0 Å². The number of methoxy groups -OCH3 is 1. The number of amides is 1. The summed E-state index contributed by atoms with van der Waals surface area (Å²) in [5.41, 5.74) is -0.577. The summed E-state index contributed by atoms with van der Waals surface area (Å²) in [7, 11) is 1.54. The summed E-state index contributed by atoms with van der Waals surface area (Å²) >= 11 is 0. The maximum Gasteiger partial charge on any atom is 0.262 e. The number of nitro groups is 1. The van der Waals surface area contributed by atoms with Crippen molar-refractivity contribution in [3.05, 3.63) is 39.4 Å². The van der Waals surface area contributed by atoms with Crippen LogP contribution in [0.3, 0.4) is 0 Å². The summed E-state index contributed by atoms with van der Waals surface area (Å²) in [5, 5.41) is 33.5. The molecular formula is C14H14N3O5-. The van der Waals surface area contributed by atoms with Crippen LogP contribution in [0.15, 0.2) is 23.8 Å². The van der Waals surface area contributed by atoms with Crippen molar-refractivity contribution in [3.8, 4) is 11.8 Å². The van der Waals surface area contributed by atoms with Crippen LogP contribution in [0.4, 0.5) is 5.69 Å². The Balaban J connectivity index is 2.88. The lowest BCUT2D eigenvalue weighted by Crippen LogP contribution is -2.26. The number of ether oxygens (including phenoxy) is 1. The fraction of sp³-hybridized carbons (Fsp3) is 0.286. The normalized spacial score (nSPS) is 10.8. The van der Waals surface area contributed by atoms with Gasteiger partial charge < -0.3 is 15.2 Å². The van der Waals surface area contributed by atoms with Gasteiger partial charge in [0.25, 0.3) is 11.6 Å². The molecule has 0 aliphatic heterocycles. The van der Waals surface area contributed by atoms with E-state index in [1.807, 2.05) is 0 Å².